The van der Waals surface area contributed by atoms with Crippen molar-refractivity contribution in [2.75, 3.05) is 26.1 Å². The van der Waals surface area contributed by atoms with Crippen molar-refractivity contribution in [2.45, 2.75) is 6.92 Å². The van der Waals surface area contributed by atoms with Gasteiger partial charge in [-0.1, -0.05) is 12.1 Å². The summed E-state index contributed by atoms with van der Waals surface area (Å²) in [6, 6.07) is 8.76. The smallest absolute Gasteiger partial charge is 0.342 e. The van der Waals surface area contributed by atoms with E-state index >= 15 is 0 Å². The third-order valence-corrected chi connectivity index (χ3v) is 3.43. The number of nitrogens with one attached hydrogen (secondary N) is 1. The summed E-state index contributed by atoms with van der Waals surface area (Å²) in [6.45, 7) is 1.21. The molecule has 0 atom stereocenters. The van der Waals surface area contributed by atoms with Crippen molar-refractivity contribution in [3.8, 4) is 11.5 Å². The molecule has 0 saturated heterocycles. The van der Waals surface area contributed by atoms with Crippen LogP contribution < -0.4 is 14.8 Å². The van der Waals surface area contributed by atoms with Gasteiger partial charge >= 0.3 is 5.97 Å². The summed E-state index contributed by atoms with van der Waals surface area (Å²) in [7, 11) is 2.84. The summed E-state index contributed by atoms with van der Waals surface area (Å²) in [5.41, 5.74) is 1.15. The third kappa shape index (κ3) is 4.47. The highest BCUT2D eigenvalue weighted by atomic mass is 19.1. The molecule has 0 aliphatic carbocycles. The van der Waals surface area contributed by atoms with Crippen LogP contribution in [0.4, 0.5) is 10.1 Å². The van der Waals surface area contributed by atoms with Crippen LogP contribution in [-0.2, 0) is 9.53 Å². The van der Waals surface area contributed by atoms with Gasteiger partial charge in [0.05, 0.1) is 14.2 Å². The minimum atomic E-state index is -0.734. The van der Waals surface area contributed by atoms with Crippen LogP contribution in [-0.4, -0.2) is 32.7 Å². The largest absolute Gasteiger partial charge is 0.493 e. The zero-order chi connectivity index (χ0) is 18.4. The van der Waals surface area contributed by atoms with Crippen molar-refractivity contribution < 1.29 is 28.2 Å². The lowest BCUT2D eigenvalue weighted by Gasteiger charge is -2.12. The van der Waals surface area contributed by atoms with Crippen LogP contribution in [0.25, 0.3) is 0 Å². The number of halogens is 1. The van der Waals surface area contributed by atoms with E-state index in [0.29, 0.717) is 17.0 Å². The minimum absolute atomic E-state index is 0.136. The Hall–Kier alpha value is -3.09. The predicted octanol–water partition coefficient (Wildman–Crippen LogP) is 2.95. The Morgan fingerprint density at radius 3 is 2.56 bits per heavy atom. The summed E-state index contributed by atoms with van der Waals surface area (Å²) in [6.07, 6.45) is 0. The normalized spacial score (nSPS) is 10.1. The second kappa shape index (κ2) is 8.14. The number of para-hydroxylation sites is 1. The molecule has 1 N–H and O–H groups in total. The number of methoxy groups -OCH3 is 2. The topological polar surface area (TPSA) is 73.9 Å². The average molecular weight is 347 g/mol. The van der Waals surface area contributed by atoms with E-state index in [-0.39, 0.29) is 11.3 Å². The van der Waals surface area contributed by atoms with E-state index in [0.717, 1.165) is 0 Å². The Bertz CT molecular complexity index is 791. The molecule has 0 radical (unpaired) electrons. The number of carbonyl (C=O) groups excluding carboxylic acids is 2. The van der Waals surface area contributed by atoms with Gasteiger partial charge in [0, 0.05) is 5.69 Å². The number of esters is 1. The maximum Gasteiger partial charge on any atom is 0.342 e. The number of amides is 1. The number of rotatable bonds is 6. The molecule has 7 heteroatoms. The van der Waals surface area contributed by atoms with Crippen LogP contribution in [0.2, 0.25) is 0 Å². The number of ether oxygens (including phenoxy) is 3. The van der Waals surface area contributed by atoms with Gasteiger partial charge in [-0.2, -0.15) is 0 Å². The van der Waals surface area contributed by atoms with E-state index in [1.165, 1.54) is 38.5 Å². The van der Waals surface area contributed by atoms with E-state index in [4.69, 9.17) is 14.2 Å². The van der Waals surface area contributed by atoms with Gasteiger partial charge in [-0.05, 0) is 36.8 Å². The maximum atomic E-state index is 13.2. The number of hydrogen-bond acceptors (Lipinski definition) is 5. The van der Waals surface area contributed by atoms with Crippen LogP contribution >= 0.6 is 0 Å². The molecule has 0 fully saturated rings. The van der Waals surface area contributed by atoms with E-state index in [9.17, 15) is 14.0 Å². The number of anilines is 1. The fourth-order valence-corrected chi connectivity index (χ4v) is 2.17. The molecular weight excluding hydrogens is 329 g/mol. The molecule has 0 aliphatic heterocycles. The Morgan fingerprint density at radius 2 is 1.88 bits per heavy atom. The van der Waals surface area contributed by atoms with Gasteiger partial charge in [0.15, 0.2) is 18.1 Å². The highest BCUT2D eigenvalue weighted by Gasteiger charge is 2.18. The summed E-state index contributed by atoms with van der Waals surface area (Å²) in [5, 5.41) is 2.50. The Morgan fingerprint density at radius 1 is 1.12 bits per heavy atom. The van der Waals surface area contributed by atoms with Crippen molar-refractivity contribution in [1.82, 2.24) is 0 Å². The summed E-state index contributed by atoms with van der Waals surface area (Å²) in [4.78, 5) is 24.1. The number of carbonyl (C=O) groups is 2. The van der Waals surface area contributed by atoms with Crippen LogP contribution in [0.5, 0.6) is 11.5 Å². The summed E-state index contributed by atoms with van der Waals surface area (Å²) in [5.74, 6) is -1.20. The number of aryl methyl sites for hydroxylation is 1. The van der Waals surface area contributed by atoms with Gasteiger partial charge in [0.1, 0.15) is 11.4 Å². The molecular formula is C18H18FNO5. The predicted molar refractivity (Wildman–Crippen MR) is 89.6 cm³/mol. The highest BCUT2D eigenvalue weighted by Crippen LogP contribution is 2.31. The number of benzene rings is 2. The van der Waals surface area contributed by atoms with Crippen molar-refractivity contribution >= 4 is 17.6 Å². The first-order valence-corrected chi connectivity index (χ1v) is 7.40. The lowest BCUT2D eigenvalue weighted by atomic mass is 10.2. The molecule has 2 rings (SSSR count). The van der Waals surface area contributed by atoms with Crippen molar-refractivity contribution in [1.29, 1.82) is 0 Å². The van der Waals surface area contributed by atoms with Crippen molar-refractivity contribution in [3.05, 3.63) is 53.3 Å². The molecule has 132 valence electrons. The van der Waals surface area contributed by atoms with Gasteiger partial charge in [0.25, 0.3) is 5.91 Å². The molecule has 0 unspecified atom stereocenters. The minimum Gasteiger partial charge on any atom is -0.493 e. The fourth-order valence-electron chi connectivity index (χ4n) is 2.17. The lowest BCUT2D eigenvalue weighted by Crippen LogP contribution is -2.21. The molecule has 6 nitrogen and oxygen atoms in total. The Labute approximate surface area is 144 Å². The summed E-state index contributed by atoms with van der Waals surface area (Å²) >= 11 is 0. The first-order valence-electron chi connectivity index (χ1n) is 7.40. The lowest BCUT2D eigenvalue weighted by molar-refractivity contribution is -0.119. The standard InChI is InChI=1S/C18H18FNO5/c1-11-7-8-12(19)9-14(11)20-16(21)10-25-18(22)13-5-4-6-15(23-2)17(13)24-3/h4-9H,10H2,1-3H3,(H,20,21). The van der Waals surface area contributed by atoms with Crippen LogP contribution in [0.15, 0.2) is 36.4 Å². The van der Waals surface area contributed by atoms with Crippen LogP contribution in [0.1, 0.15) is 15.9 Å². The highest BCUT2D eigenvalue weighted by molar-refractivity contribution is 5.97. The Balaban J connectivity index is 2.02. The first-order chi connectivity index (χ1) is 12.0. The molecule has 0 heterocycles. The second-order valence-electron chi connectivity index (χ2n) is 5.12. The molecule has 0 bridgehead atoms. The van der Waals surface area contributed by atoms with Crippen molar-refractivity contribution in [3.63, 3.8) is 0 Å². The first kappa shape index (κ1) is 18.3. The van der Waals surface area contributed by atoms with Gasteiger partial charge < -0.3 is 19.5 Å². The molecule has 25 heavy (non-hydrogen) atoms. The molecule has 0 aliphatic rings. The molecule has 0 saturated carbocycles. The molecule has 0 spiro atoms. The zero-order valence-corrected chi connectivity index (χ0v) is 14.1. The fraction of sp³-hybridized carbons (Fsp3) is 0.222. The third-order valence-electron chi connectivity index (χ3n) is 3.43. The van der Waals surface area contributed by atoms with E-state index in [1.54, 1.807) is 19.1 Å². The van der Waals surface area contributed by atoms with E-state index in [2.05, 4.69) is 5.32 Å². The monoisotopic (exact) mass is 347 g/mol. The Kier molecular flexibility index (Phi) is 5.94. The van der Waals surface area contributed by atoms with Gasteiger partial charge in [-0.25, -0.2) is 9.18 Å². The second-order valence-corrected chi connectivity index (χ2v) is 5.12. The molecule has 1 amide bonds. The number of hydrogen-bond donors (Lipinski definition) is 1. The molecule has 2 aromatic carbocycles. The van der Waals surface area contributed by atoms with Gasteiger partial charge in [-0.3, -0.25) is 4.79 Å². The zero-order valence-electron chi connectivity index (χ0n) is 14.1. The molecule has 2 aromatic rings. The van der Waals surface area contributed by atoms with E-state index in [1.807, 2.05) is 0 Å². The van der Waals surface area contributed by atoms with Gasteiger partial charge in [0.2, 0.25) is 0 Å². The SMILES string of the molecule is COc1cccc(C(=O)OCC(=O)Nc2cc(F)ccc2C)c1OC. The quantitative estimate of drug-likeness (QED) is 0.813. The van der Waals surface area contributed by atoms with Gasteiger partial charge in [-0.15, -0.1) is 0 Å². The summed E-state index contributed by atoms with van der Waals surface area (Å²) < 4.78 is 28.5. The van der Waals surface area contributed by atoms with Crippen LogP contribution in [0, 0.1) is 12.7 Å². The van der Waals surface area contributed by atoms with E-state index < -0.39 is 24.3 Å². The van der Waals surface area contributed by atoms with Crippen LogP contribution in [0.3, 0.4) is 0 Å². The maximum absolute atomic E-state index is 13.2. The van der Waals surface area contributed by atoms with Crippen molar-refractivity contribution in [2.24, 2.45) is 0 Å². The molecule has 0 aromatic heterocycles. The average Bonchev–Trinajstić information content (AvgIpc) is 2.61.